The largest absolute Gasteiger partial charge is 0.272 e. The van der Waals surface area contributed by atoms with Gasteiger partial charge in [-0.2, -0.15) is 0 Å². The van der Waals surface area contributed by atoms with Crippen molar-refractivity contribution in [1.82, 2.24) is 8.61 Å². The molecule has 0 aromatic rings. The number of nitrogens with zero attached hydrogens (tertiary/aromatic N) is 2. The zero-order chi connectivity index (χ0) is 21.3. The van der Waals surface area contributed by atoms with Crippen molar-refractivity contribution in [3.05, 3.63) is 0 Å². The van der Waals surface area contributed by atoms with Gasteiger partial charge in [0.25, 0.3) is 8.89 Å². The van der Waals surface area contributed by atoms with Crippen LogP contribution in [0.15, 0.2) is 0 Å². The van der Waals surface area contributed by atoms with Gasteiger partial charge in [0.2, 0.25) is 0 Å². The number of hydrogen-bond acceptors (Lipinski definition) is 10. The first-order valence-electron chi connectivity index (χ1n) is 11.3. The van der Waals surface area contributed by atoms with Gasteiger partial charge in [-0.1, -0.05) is 60.1 Å². The lowest BCUT2D eigenvalue weighted by atomic mass is 10.1. The second-order valence-corrected chi connectivity index (χ2v) is 15.0. The minimum absolute atomic E-state index is 0.241. The summed E-state index contributed by atoms with van der Waals surface area (Å²) < 4.78 is 4.93. The van der Waals surface area contributed by atoms with E-state index >= 15 is 0 Å². The normalized spacial score (nSPS) is 18.5. The number of hydrogen-bond donors (Lipinski definition) is 0. The molecule has 0 amide bonds. The van der Waals surface area contributed by atoms with Crippen molar-refractivity contribution in [2.45, 2.75) is 77.0 Å². The summed E-state index contributed by atoms with van der Waals surface area (Å²) in [6, 6.07) is 0. The fourth-order valence-corrected chi connectivity index (χ4v) is 9.74. The molecular formula is C20H36N2O2S6. The molecule has 2 aliphatic heterocycles. The van der Waals surface area contributed by atoms with Gasteiger partial charge in [-0.3, -0.25) is 9.59 Å². The molecule has 2 saturated heterocycles. The summed E-state index contributed by atoms with van der Waals surface area (Å²) in [6.45, 7) is 4.25. The predicted molar refractivity (Wildman–Crippen MR) is 145 cm³/mol. The van der Waals surface area contributed by atoms with E-state index < -0.39 is 0 Å². The van der Waals surface area contributed by atoms with E-state index in [9.17, 15) is 9.59 Å². The Bertz CT molecular complexity index is 432. The smallest absolute Gasteiger partial charge is 0.271 e. The number of carbonyl (C=O) groups is 2. The highest BCUT2D eigenvalue weighted by Gasteiger charge is 2.16. The van der Waals surface area contributed by atoms with Gasteiger partial charge in [0.05, 0.1) is 0 Å². The zero-order valence-electron chi connectivity index (χ0n) is 17.9. The first-order valence-corrected chi connectivity index (χ1v) is 17.5. The SMILES string of the molecule is O=C(SSCCCCCCCCSSC(=O)SN1CCCCC1)SN1CCCCC1. The Kier molecular flexibility index (Phi) is 17.3. The number of piperidine rings is 2. The molecule has 0 aromatic carbocycles. The van der Waals surface area contributed by atoms with E-state index in [1.54, 1.807) is 21.6 Å². The molecular weight excluding hydrogens is 493 g/mol. The summed E-state index contributed by atoms with van der Waals surface area (Å²) >= 11 is 2.84. The van der Waals surface area contributed by atoms with Crippen LogP contribution in [-0.2, 0) is 0 Å². The fourth-order valence-electron chi connectivity index (χ4n) is 3.36. The third kappa shape index (κ3) is 14.5. The molecule has 0 radical (unpaired) electrons. The van der Waals surface area contributed by atoms with Gasteiger partial charge in [0.1, 0.15) is 0 Å². The van der Waals surface area contributed by atoms with Crippen molar-refractivity contribution in [1.29, 1.82) is 0 Å². The molecule has 0 bridgehead atoms. The summed E-state index contributed by atoms with van der Waals surface area (Å²) in [6.07, 6.45) is 15.0. The average molecular weight is 529 g/mol. The lowest BCUT2D eigenvalue weighted by Gasteiger charge is -2.23. The molecule has 2 aliphatic rings. The second kappa shape index (κ2) is 18.7. The monoisotopic (exact) mass is 528 g/mol. The Hall–Kier alpha value is 1.36. The number of unbranched alkanes of at least 4 members (excludes halogenated alkanes) is 5. The molecule has 2 rings (SSSR count). The van der Waals surface area contributed by atoms with E-state index in [4.69, 9.17) is 0 Å². The van der Waals surface area contributed by atoms with Gasteiger partial charge in [0.15, 0.2) is 0 Å². The van der Waals surface area contributed by atoms with Gasteiger partial charge in [-0.15, -0.1) is 0 Å². The molecule has 0 N–H and O–H groups in total. The van der Waals surface area contributed by atoms with E-state index in [2.05, 4.69) is 8.61 Å². The lowest BCUT2D eigenvalue weighted by molar-refractivity contribution is 0.274. The highest BCUT2D eigenvalue weighted by molar-refractivity contribution is 8.86. The van der Waals surface area contributed by atoms with Crippen molar-refractivity contribution < 1.29 is 9.59 Å². The van der Waals surface area contributed by atoms with Crippen LogP contribution >= 0.6 is 67.1 Å². The molecule has 0 saturated carbocycles. The van der Waals surface area contributed by atoms with Crippen LogP contribution in [-0.4, -0.2) is 55.2 Å². The van der Waals surface area contributed by atoms with Crippen molar-refractivity contribution in [2.24, 2.45) is 0 Å². The van der Waals surface area contributed by atoms with Crippen molar-refractivity contribution in [3.8, 4) is 0 Å². The van der Waals surface area contributed by atoms with E-state index in [-0.39, 0.29) is 8.89 Å². The molecule has 4 nitrogen and oxygen atoms in total. The summed E-state index contributed by atoms with van der Waals surface area (Å²) in [4.78, 5) is 23.9. The quantitative estimate of drug-likeness (QED) is 0.132. The minimum atomic E-state index is 0.241. The van der Waals surface area contributed by atoms with Gasteiger partial charge in [0, 0.05) is 61.6 Å². The van der Waals surface area contributed by atoms with Crippen molar-refractivity contribution >= 4 is 76.0 Å². The van der Waals surface area contributed by atoms with Gasteiger partial charge in [-0.05, 0) is 60.1 Å². The number of rotatable bonds is 13. The molecule has 0 atom stereocenters. The molecule has 0 aliphatic carbocycles. The first kappa shape index (κ1) is 27.6. The van der Waals surface area contributed by atoms with Crippen LogP contribution in [0, 0.1) is 0 Å². The van der Waals surface area contributed by atoms with Crippen molar-refractivity contribution in [3.63, 3.8) is 0 Å². The van der Waals surface area contributed by atoms with Gasteiger partial charge >= 0.3 is 0 Å². The maximum atomic E-state index is 11.9. The van der Waals surface area contributed by atoms with Crippen LogP contribution in [0.25, 0.3) is 0 Å². The van der Waals surface area contributed by atoms with Crippen LogP contribution < -0.4 is 0 Å². The van der Waals surface area contributed by atoms with E-state index in [0.29, 0.717) is 0 Å². The molecule has 0 spiro atoms. The maximum absolute atomic E-state index is 11.9. The Balaban J connectivity index is 1.28. The van der Waals surface area contributed by atoms with E-state index in [0.717, 1.165) is 37.7 Å². The Morgan fingerprint density at radius 1 is 0.533 bits per heavy atom. The van der Waals surface area contributed by atoms with Crippen LogP contribution in [0.2, 0.25) is 0 Å². The first-order chi connectivity index (χ1) is 14.7. The second-order valence-electron chi connectivity index (χ2n) is 7.59. The third-order valence-electron chi connectivity index (χ3n) is 5.00. The van der Waals surface area contributed by atoms with Crippen LogP contribution in [0.5, 0.6) is 0 Å². The van der Waals surface area contributed by atoms with Crippen LogP contribution in [0.4, 0.5) is 9.59 Å². The third-order valence-corrected chi connectivity index (χ3v) is 12.2. The summed E-state index contributed by atoms with van der Waals surface area (Å²) in [5, 5.41) is 0. The lowest BCUT2D eigenvalue weighted by Crippen LogP contribution is -2.23. The standard InChI is InChI=1S/C20H36N2O2S6/c23-19(27-21-13-7-5-8-14-21)29-25-17-11-3-1-2-4-12-18-26-30-20(24)28-22-15-9-6-10-16-22/h1-18H2. The molecule has 0 unspecified atom stereocenters. The summed E-state index contributed by atoms with van der Waals surface area (Å²) in [5.41, 5.74) is 0. The fraction of sp³-hybridized carbons (Fsp3) is 0.900. The molecule has 2 heterocycles. The average Bonchev–Trinajstić information content (AvgIpc) is 2.76. The van der Waals surface area contributed by atoms with E-state index in [1.807, 2.05) is 0 Å². The Labute approximate surface area is 207 Å². The zero-order valence-corrected chi connectivity index (χ0v) is 22.8. The van der Waals surface area contributed by atoms with Crippen LogP contribution in [0.3, 0.4) is 0 Å². The van der Waals surface area contributed by atoms with E-state index in [1.165, 1.54) is 123 Å². The summed E-state index contributed by atoms with van der Waals surface area (Å²) in [7, 11) is 6.28. The minimum Gasteiger partial charge on any atom is -0.272 e. The van der Waals surface area contributed by atoms with Gasteiger partial charge < -0.3 is 0 Å². The summed E-state index contributed by atoms with van der Waals surface area (Å²) in [5.74, 6) is 2.14. The Morgan fingerprint density at radius 3 is 1.30 bits per heavy atom. The van der Waals surface area contributed by atoms with Gasteiger partial charge in [-0.25, -0.2) is 8.61 Å². The molecule has 0 aromatic heterocycles. The maximum Gasteiger partial charge on any atom is 0.271 e. The number of carbonyl (C=O) groups excluding carboxylic acids is 2. The van der Waals surface area contributed by atoms with Crippen LogP contribution in [0.1, 0.15) is 77.0 Å². The Morgan fingerprint density at radius 2 is 0.900 bits per heavy atom. The molecule has 2 fully saturated rings. The molecule has 10 heteroatoms. The highest BCUT2D eigenvalue weighted by atomic mass is 33.1. The highest BCUT2D eigenvalue weighted by Crippen LogP contribution is 2.33. The molecule has 30 heavy (non-hydrogen) atoms. The predicted octanol–water partition coefficient (Wildman–Crippen LogP) is 8.60. The topological polar surface area (TPSA) is 40.6 Å². The van der Waals surface area contributed by atoms with Crippen molar-refractivity contribution in [2.75, 3.05) is 37.7 Å². The molecule has 174 valence electrons.